The zero-order valence-corrected chi connectivity index (χ0v) is 19.1. The number of likely N-dealkylation sites (N-methyl/N-ethyl adjacent to an activating group) is 1. The molecule has 30 heavy (non-hydrogen) atoms. The van der Waals surface area contributed by atoms with Crippen LogP contribution in [-0.4, -0.2) is 46.5 Å². The fourth-order valence-corrected chi connectivity index (χ4v) is 4.70. The first kappa shape index (κ1) is 22.9. The maximum absolute atomic E-state index is 12.9. The molecule has 1 aliphatic heterocycles. The van der Waals surface area contributed by atoms with Crippen molar-refractivity contribution in [3.8, 4) is 22.8 Å². The summed E-state index contributed by atoms with van der Waals surface area (Å²) in [6.45, 7) is 0.615. The smallest absolute Gasteiger partial charge is 0.197 e. The lowest BCUT2D eigenvalue weighted by Gasteiger charge is -2.24. The van der Waals surface area contributed by atoms with Gasteiger partial charge in [-0.15, -0.1) is 12.4 Å². The Hall–Kier alpha value is -1.77. The molecule has 1 saturated heterocycles. The SMILES string of the molecule is CN1CCC(c2c(O)cc(O)c3c(=O)cc(-c4cccc(Br)c4Cl)oc23)C1CO.Cl. The van der Waals surface area contributed by atoms with Gasteiger partial charge in [0.2, 0.25) is 0 Å². The lowest BCUT2D eigenvalue weighted by atomic mass is 9.89. The van der Waals surface area contributed by atoms with Crippen LogP contribution in [0.3, 0.4) is 0 Å². The highest BCUT2D eigenvalue weighted by molar-refractivity contribution is 9.10. The van der Waals surface area contributed by atoms with Crippen LogP contribution in [0, 0.1) is 0 Å². The monoisotopic (exact) mass is 515 g/mol. The third-order valence-corrected chi connectivity index (χ3v) is 6.89. The van der Waals surface area contributed by atoms with Crippen molar-refractivity contribution in [2.75, 3.05) is 20.2 Å². The quantitative estimate of drug-likeness (QED) is 0.475. The standard InChI is InChI=1S/C21H19BrClNO5.ClH/c1-24-6-5-10(13(24)9-25)18-14(26)7-15(27)19-16(28)8-17(29-21(18)19)11-3-2-4-12(22)20(11)23;/h2-4,7-8,10,13,25-27H,5-6,9H2,1H3;1H. The van der Waals surface area contributed by atoms with Gasteiger partial charge in [-0.1, -0.05) is 17.7 Å². The first-order chi connectivity index (χ1) is 13.8. The summed E-state index contributed by atoms with van der Waals surface area (Å²) < 4.78 is 6.72. The van der Waals surface area contributed by atoms with E-state index in [1.54, 1.807) is 18.2 Å². The predicted octanol–water partition coefficient (Wildman–Crippen LogP) is 4.49. The Morgan fingerprint density at radius 2 is 2.00 bits per heavy atom. The van der Waals surface area contributed by atoms with E-state index in [1.807, 2.05) is 11.9 Å². The molecule has 2 aromatic carbocycles. The van der Waals surface area contributed by atoms with Crippen LogP contribution >= 0.6 is 39.9 Å². The maximum Gasteiger partial charge on any atom is 0.197 e. The molecule has 1 aromatic heterocycles. The Labute approximate surface area is 192 Å². The maximum atomic E-state index is 12.9. The van der Waals surface area contributed by atoms with Gasteiger partial charge in [0.25, 0.3) is 0 Å². The van der Waals surface area contributed by atoms with E-state index in [1.165, 1.54) is 6.07 Å². The number of hydrogen-bond donors (Lipinski definition) is 3. The van der Waals surface area contributed by atoms with Gasteiger partial charge in [0.1, 0.15) is 28.2 Å². The number of benzene rings is 2. The van der Waals surface area contributed by atoms with E-state index in [4.69, 9.17) is 16.0 Å². The fourth-order valence-electron chi connectivity index (χ4n) is 4.12. The average Bonchev–Trinajstić information content (AvgIpc) is 3.03. The number of rotatable bonds is 3. The number of fused-ring (bicyclic) bond motifs is 1. The van der Waals surface area contributed by atoms with Gasteiger partial charge < -0.3 is 24.6 Å². The number of phenolic OH excluding ortho intramolecular Hbond substituents is 2. The molecule has 2 atom stereocenters. The van der Waals surface area contributed by atoms with Crippen LogP contribution in [-0.2, 0) is 0 Å². The molecule has 0 saturated carbocycles. The lowest BCUT2D eigenvalue weighted by molar-refractivity contribution is 0.172. The molecule has 0 amide bonds. The zero-order chi connectivity index (χ0) is 20.9. The molecule has 9 heteroatoms. The number of aliphatic hydroxyl groups excluding tert-OH is 1. The van der Waals surface area contributed by atoms with Crippen LogP contribution in [0.15, 0.2) is 44.0 Å². The van der Waals surface area contributed by atoms with Gasteiger partial charge in [0.05, 0.1) is 11.6 Å². The summed E-state index contributed by atoms with van der Waals surface area (Å²) >= 11 is 9.74. The van der Waals surface area contributed by atoms with E-state index >= 15 is 0 Å². The van der Waals surface area contributed by atoms with Crippen molar-refractivity contribution in [3.05, 3.63) is 55.6 Å². The first-order valence-electron chi connectivity index (χ1n) is 9.11. The highest BCUT2D eigenvalue weighted by Gasteiger charge is 2.36. The molecule has 0 bridgehead atoms. The number of phenols is 2. The minimum absolute atomic E-state index is 0. The van der Waals surface area contributed by atoms with Crippen LogP contribution in [0.4, 0.5) is 0 Å². The van der Waals surface area contributed by atoms with Gasteiger partial charge in [0, 0.05) is 39.7 Å². The Morgan fingerprint density at radius 3 is 2.70 bits per heavy atom. The molecule has 3 N–H and O–H groups in total. The average molecular weight is 517 g/mol. The van der Waals surface area contributed by atoms with Gasteiger partial charge in [-0.2, -0.15) is 0 Å². The highest BCUT2D eigenvalue weighted by Crippen LogP contribution is 2.44. The van der Waals surface area contributed by atoms with Crippen molar-refractivity contribution in [2.45, 2.75) is 18.4 Å². The minimum atomic E-state index is -0.442. The second-order valence-electron chi connectivity index (χ2n) is 7.23. The topological polar surface area (TPSA) is 94.1 Å². The fraction of sp³-hybridized carbons (Fsp3) is 0.286. The summed E-state index contributed by atoms with van der Waals surface area (Å²) in [6, 6.07) is 7.46. The second kappa shape index (κ2) is 8.77. The molecule has 2 heterocycles. The van der Waals surface area contributed by atoms with Crippen LogP contribution < -0.4 is 5.43 Å². The van der Waals surface area contributed by atoms with Crippen molar-refractivity contribution >= 4 is 50.9 Å². The normalized spacial score (nSPS) is 19.2. The molecule has 4 rings (SSSR count). The summed E-state index contributed by atoms with van der Waals surface area (Å²) in [4.78, 5) is 14.9. The summed E-state index contributed by atoms with van der Waals surface area (Å²) in [7, 11) is 1.89. The molecular formula is C21H20BrCl2NO5. The van der Waals surface area contributed by atoms with Gasteiger partial charge >= 0.3 is 0 Å². The summed E-state index contributed by atoms with van der Waals surface area (Å²) in [6.07, 6.45) is 0.667. The number of likely N-dealkylation sites (tertiary alicyclic amines) is 1. The Bertz CT molecular complexity index is 1170. The zero-order valence-electron chi connectivity index (χ0n) is 15.9. The summed E-state index contributed by atoms with van der Waals surface area (Å²) in [5.74, 6) is -0.556. The Balaban J connectivity index is 0.00000256. The summed E-state index contributed by atoms with van der Waals surface area (Å²) in [5.41, 5.74) is 0.588. The molecule has 160 valence electrons. The molecule has 1 fully saturated rings. The molecular weight excluding hydrogens is 497 g/mol. The van der Waals surface area contributed by atoms with Gasteiger partial charge in [0.15, 0.2) is 5.43 Å². The number of nitrogens with zero attached hydrogens (tertiary/aromatic N) is 1. The Kier molecular flexibility index (Phi) is 6.69. The van der Waals surface area contributed by atoms with Crippen LogP contribution in [0.5, 0.6) is 11.5 Å². The minimum Gasteiger partial charge on any atom is -0.507 e. The number of hydrogen-bond acceptors (Lipinski definition) is 6. The van der Waals surface area contributed by atoms with Crippen LogP contribution in [0.25, 0.3) is 22.3 Å². The first-order valence-corrected chi connectivity index (χ1v) is 10.3. The second-order valence-corrected chi connectivity index (χ2v) is 8.47. The van der Waals surface area contributed by atoms with Crippen molar-refractivity contribution in [1.82, 2.24) is 4.90 Å². The van der Waals surface area contributed by atoms with Crippen molar-refractivity contribution in [2.24, 2.45) is 0 Å². The van der Waals surface area contributed by atoms with Crippen LogP contribution in [0.2, 0.25) is 5.02 Å². The predicted molar refractivity (Wildman–Crippen MR) is 122 cm³/mol. The van der Waals surface area contributed by atoms with E-state index in [0.717, 1.165) is 12.6 Å². The molecule has 3 aromatic rings. The molecule has 0 spiro atoms. The van der Waals surface area contributed by atoms with Crippen molar-refractivity contribution in [3.63, 3.8) is 0 Å². The summed E-state index contributed by atoms with van der Waals surface area (Å²) in [5, 5.41) is 31.2. The molecule has 2 unspecified atom stereocenters. The van der Waals surface area contributed by atoms with Crippen LogP contribution in [0.1, 0.15) is 17.9 Å². The molecule has 0 radical (unpaired) electrons. The molecule has 1 aliphatic rings. The number of aromatic hydroxyl groups is 2. The third kappa shape index (κ3) is 3.69. The van der Waals surface area contributed by atoms with Gasteiger partial charge in [-0.3, -0.25) is 4.79 Å². The van der Waals surface area contributed by atoms with E-state index in [-0.39, 0.29) is 59.2 Å². The largest absolute Gasteiger partial charge is 0.507 e. The third-order valence-electron chi connectivity index (χ3n) is 5.60. The van der Waals surface area contributed by atoms with Crippen molar-refractivity contribution in [1.29, 1.82) is 0 Å². The van der Waals surface area contributed by atoms with Gasteiger partial charge in [-0.25, -0.2) is 0 Å². The number of halogens is 3. The molecule has 0 aliphatic carbocycles. The Morgan fingerprint density at radius 1 is 1.27 bits per heavy atom. The van der Waals surface area contributed by atoms with E-state index in [9.17, 15) is 20.1 Å². The molecule has 6 nitrogen and oxygen atoms in total. The van der Waals surface area contributed by atoms with E-state index < -0.39 is 5.43 Å². The van der Waals surface area contributed by atoms with E-state index in [2.05, 4.69) is 15.9 Å². The van der Waals surface area contributed by atoms with Crippen molar-refractivity contribution < 1.29 is 19.7 Å². The number of aliphatic hydroxyl groups is 1. The highest BCUT2D eigenvalue weighted by atomic mass is 79.9. The van der Waals surface area contributed by atoms with E-state index in [0.29, 0.717) is 27.0 Å². The van der Waals surface area contributed by atoms with Gasteiger partial charge in [-0.05, 0) is 48.1 Å². The lowest BCUT2D eigenvalue weighted by Crippen LogP contribution is -2.32.